The van der Waals surface area contributed by atoms with Gasteiger partial charge in [-0.25, -0.2) is 0 Å². The molecule has 0 radical (unpaired) electrons. The summed E-state index contributed by atoms with van der Waals surface area (Å²) in [5, 5.41) is 11.1. The largest absolute Gasteiger partial charge is 0.421 e. The highest BCUT2D eigenvalue weighted by Gasteiger charge is 2.51. The van der Waals surface area contributed by atoms with Crippen LogP contribution in [0.2, 0.25) is 5.02 Å². The molecule has 0 spiro atoms. The van der Waals surface area contributed by atoms with E-state index in [-0.39, 0.29) is 26.9 Å². The molecule has 7 nitrogen and oxygen atoms in total. The van der Waals surface area contributed by atoms with Gasteiger partial charge in [0.15, 0.2) is 5.60 Å². The average Bonchev–Trinajstić information content (AvgIpc) is 3.36. The molecule has 0 fully saturated rings. The first kappa shape index (κ1) is 28.7. The van der Waals surface area contributed by atoms with E-state index in [9.17, 15) is 31.5 Å². The van der Waals surface area contributed by atoms with Gasteiger partial charge < -0.3 is 10.1 Å². The van der Waals surface area contributed by atoms with Gasteiger partial charge in [0.2, 0.25) is 5.56 Å². The van der Waals surface area contributed by atoms with Gasteiger partial charge in [0, 0.05) is 34.3 Å². The standard InChI is InChI=1S/C28H19ClF3N3O4S2/c1-27(37,28(30,31)32)17-11-12-33-22(14-17)20-7-4-5-16-13-23(40-26(16)20)25(19-6-2-3-8-21(19)29)35-41(38,39)18-9-10-24(36)34-15-18/h2-15,37H,1H3,(H,34,36)/t27-/m1/s1. The van der Waals surface area contributed by atoms with Gasteiger partial charge in [-0.3, -0.25) is 9.78 Å². The van der Waals surface area contributed by atoms with Crippen LogP contribution in [-0.4, -0.2) is 35.4 Å². The van der Waals surface area contributed by atoms with Crippen LogP contribution in [0.15, 0.2) is 99.3 Å². The number of hydrogen-bond donors (Lipinski definition) is 2. The molecule has 5 rings (SSSR count). The Hall–Kier alpha value is -3.84. The summed E-state index contributed by atoms with van der Waals surface area (Å²) < 4.78 is 71.7. The molecule has 210 valence electrons. The van der Waals surface area contributed by atoms with Crippen molar-refractivity contribution in [2.24, 2.45) is 4.40 Å². The third-order valence-electron chi connectivity index (χ3n) is 6.32. The molecule has 0 amide bonds. The first-order valence-corrected chi connectivity index (χ1v) is 14.5. The minimum absolute atomic E-state index is 0.0377. The Bertz CT molecular complexity index is 1960. The number of aromatic nitrogens is 2. The fourth-order valence-electron chi connectivity index (χ4n) is 4.04. The summed E-state index contributed by atoms with van der Waals surface area (Å²) in [5.41, 5.74) is -2.94. The summed E-state index contributed by atoms with van der Waals surface area (Å²) in [6.07, 6.45) is -2.68. The number of hydrogen-bond acceptors (Lipinski definition) is 6. The van der Waals surface area contributed by atoms with Crippen LogP contribution in [-0.2, 0) is 15.6 Å². The van der Waals surface area contributed by atoms with E-state index in [4.69, 9.17) is 11.6 Å². The molecule has 0 bridgehead atoms. The molecule has 2 aromatic carbocycles. The molecule has 3 aromatic heterocycles. The highest BCUT2D eigenvalue weighted by molar-refractivity contribution is 7.90. The predicted octanol–water partition coefficient (Wildman–Crippen LogP) is 6.30. The van der Waals surface area contributed by atoms with E-state index in [1.807, 2.05) is 0 Å². The molecule has 0 saturated heterocycles. The SMILES string of the molecule is C[C@@](O)(c1ccnc(-c2cccc3cc(C(=NS(=O)(=O)c4ccc(=O)[nH]c4)c4ccccc4Cl)sc23)c1)C(F)(F)F. The number of alkyl halides is 3. The Labute approximate surface area is 240 Å². The summed E-state index contributed by atoms with van der Waals surface area (Å²) in [4.78, 5) is 18.2. The number of halogens is 4. The second kappa shape index (κ2) is 10.5. The zero-order valence-corrected chi connectivity index (χ0v) is 23.4. The van der Waals surface area contributed by atoms with Crippen LogP contribution < -0.4 is 5.56 Å². The molecule has 1 atom stereocenters. The number of nitrogens with one attached hydrogen (secondary N) is 1. The third kappa shape index (κ3) is 5.55. The number of aliphatic hydroxyl groups is 1. The maximum atomic E-state index is 13.5. The van der Waals surface area contributed by atoms with E-state index in [0.29, 0.717) is 33.0 Å². The lowest BCUT2D eigenvalue weighted by Crippen LogP contribution is -2.39. The Kier molecular flexibility index (Phi) is 7.36. The molecule has 13 heteroatoms. The Morgan fingerprint density at radius 1 is 1.05 bits per heavy atom. The van der Waals surface area contributed by atoms with Crippen LogP contribution in [0.25, 0.3) is 21.3 Å². The van der Waals surface area contributed by atoms with Crippen LogP contribution in [0, 0.1) is 0 Å². The van der Waals surface area contributed by atoms with Gasteiger partial charge in [0.25, 0.3) is 10.0 Å². The van der Waals surface area contributed by atoms with Crippen LogP contribution >= 0.6 is 22.9 Å². The lowest BCUT2D eigenvalue weighted by Gasteiger charge is -2.26. The van der Waals surface area contributed by atoms with E-state index >= 15 is 0 Å². The van der Waals surface area contributed by atoms with Crippen molar-refractivity contribution in [3.8, 4) is 11.3 Å². The third-order valence-corrected chi connectivity index (χ3v) is 9.11. The lowest BCUT2D eigenvalue weighted by molar-refractivity contribution is -0.258. The molecule has 2 N–H and O–H groups in total. The maximum Gasteiger partial charge on any atom is 0.421 e. The first-order valence-electron chi connectivity index (χ1n) is 11.9. The van der Waals surface area contributed by atoms with Crippen molar-refractivity contribution in [3.63, 3.8) is 0 Å². The smallest absolute Gasteiger partial charge is 0.376 e. The van der Waals surface area contributed by atoms with Crippen LogP contribution in [0.5, 0.6) is 0 Å². The molecule has 3 heterocycles. The first-order chi connectivity index (χ1) is 19.3. The van der Waals surface area contributed by atoms with Gasteiger partial charge in [-0.1, -0.05) is 48.0 Å². The van der Waals surface area contributed by atoms with Crippen LogP contribution in [0.3, 0.4) is 0 Å². The van der Waals surface area contributed by atoms with Gasteiger partial charge in [-0.15, -0.1) is 11.3 Å². The predicted molar refractivity (Wildman–Crippen MR) is 152 cm³/mol. The normalized spacial score (nSPS) is 14.2. The summed E-state index contributed by atoms with van der Waals surface area (Å²) in [5.74, 6) is 0. The number of aromatic amines is 1. The van der Waals surface area contributed by atoms with Crippen LogP contribution in [0.4, 0.5) is 13.2 Å². The number of thiophene rings is 1. The fourth-order valence-corrected chi connectivity index (χ4v) is 6.49. The van der Waals surface area contributed by atoms with Crippen molar-refractivity contribution in [1.29, 1.82) is 0 Å². The fraction of sp³-hybridized carbons (Fsp3) is 0.107. The highest BCUT2D eigenvalue weighted by atomic mass is 35.5. The highest BCUT2D eigenvalue weighted by Crippen LogP contribution is 2.41. The molecule has 0 saturated carbocycles. The van der Waals surface area contributed by atoms with Gasteiger partial charge in [-0.05, 0) is 48.2 Å². The molecule has 0 aliphatic carbocycles. The quantitative estimate of drug-likeness (QED) is 0.217. The molecule has 0 unspecified atom stereocenters. The van der Waals surface area contributed by atoms with Crippen molar-refractivity contribution in [3.05, 3.63) is 117 Å². The number of H-pyrrole nitrogens is 1. The average molecular weight is 618 g/mol. The van der Waals surface area contributed by atoms with Crippen molar-refractivity contribution < 1.29 is 26.7 Å². The van der Waals surface area contributed by atoms with Crippen molar-refractivity contribution in [2.45, 2.75) is 23.6 Å². The van der Waals surface area contributed by atoms with Gasteiger partial charge in [0.05, 0.1) is 15.6 Å². The van der Waals surface area contributed by atoms with E-state index < -0.39 is 27.4 Å². The van der Waals surface area contributed by atoms with Gasteiger partial charge in [-0.2, -0.15) is 26.0 Å². The van der Waals surface area contributed by atoms with E-state index in [2.05, 4.69) is 14.4 Å². The van der Waals surface area contributed by atoms with Gasteiger partial charge >= 0.3 is 6.18 Å². The second-order valence-corrected chi connectivity index (χ2v) is 12.2. The topological polar surface area (TPSA) is 112 Å². The second-order valence-electron chi connectivity index (χ2n) is 9.12. The number of benzene rings is 2. The van der Waals surface area contributed by atoms with Crippen molar-refractivity contribution >= 4 is 48.8 Å². The number of nitrogens with zero attached hydrogens (tertiary/aromatic N) is 2. The zero-order valence-electron chi connectivity index (χ0n) is 21.0. The summed E-state index contributed by atoms with van der Waals surface area (Å²) in [7, 11) is -4.31. The summed E-state index contributed by atoms with van der Waals surface area (Å²) in [6.45, 7) is 0.672. The number of pyridine rings is 2. The minimum Gasteiger partial charge on any atom is -0.376 e. The van der Waals surface area contributed by atoms with E-state index in [0.717, 1.165) is 35.7 Å². The zero-order chi connectivity index (χ0) is 29.6. The number of sulfonamides is 1. The molecule has 0 aliphatic heterocycles. The molecule has 41 heavy (non-hydrogen) atoms. The number of fused-ring (bicyclic) bond motifs is 1. The van der Waals surface area contributed by atoms with Crippen molar-refractivity contribution in [2.75, 3.05) is 0 Å². The minimum atomic E-state index is -4.91. The Morgan fingerprint density at radius 3 is 2.49 bits per heavy atom. The monoisotopic (exact) mass is 617 g/mol. The molecule has 0 aliphatic rings. The van der Waals surface area contributed by atoms with Gasteiger partial charge in [0.1, 0.15) is 10.6 Å². The maximum absolute atomic E-state index is 13.5. The van der Waals surface area contributed by atoms with E-state index in [1.165, 1.54) is 12.3 Å². The molecule has 5 aromatic rings. The van der Waals surface area contributed by atoms with Crippen LogP contribution in [0.1, 0.15) is 22.9 Å². The molecular formula is C28H19ClF3N3O4S2. The van der Waals surface area contributed by atoms with E-state index in [1.54, 1.807) is 48.5 Å². The molecular weight excluding hydrogens is 599 g/mol. The summed E-state index contributed by atoms with van der Waals surface area (Å²) >= 11 is 7.59. The lowest BCUT2D eigenvalue weighted by atomic mass is 9.94. The Morgan fingerprint density at radius 2 is 1.80 bits per heavy atom. The summed E-state index contributed by atoms with van der Waals surface area (Å²) in [6, 6.07) is 17.8. The number of rotatable bonds is 6. The van der Waals surface area contributed by atoms with Crippen molar-refractivity contribution in [1.82, 2.24) is 9.97 Å². The Balaban J connectivity index is 1.70.